The van der Waals surface area contributed by atoms with Gasteiger partial charge < -0.3 is 10.6 Å². The van der Waals surface area contributed by atoms with Gasteiger partial charge in [-0.15, -0.1) is 0 Å². The van der Waals surface area contributed by atoms with Crippen molar-refractivity contribution >= 4 is 11.6 Å². The fraction of sp³-hybridized carbons (Fsp3) is 0.538. The van der Waals surface area contributed by atoms with Crippen molar-refractivity contribution in [2.75, 3.05) is 11.9 Å². The molecule has 1 aromatic heterocycles. The smallest absolute Gasteiger partial charge is 0.244 e. The number of carbonyl (C=O) groups is 1. The number of amides is 1. The molecule has 1 fully saturated rings. The molecule has 2 N–H and O–H groups in total. The van der Waals surface area contributed by atoms with Crippen molar-refractivity contribution in [2.24, 2.45) is 5.41 Å². The van der Waals surface area contributed by atoms with Crippen molar-refractivity contribution in [3.8, 4) is 0 Å². The zero-order valence-electron chi connectivity index (χ0n) is 10.9. The van der Waals surface area contributed by atoms with Gasteiger partial charge in [0.05, 0.1) is 17.4 Å². The first-order valence-corrected chi connectivity index (χ1v) is 5.99. The standard InChI is InChI=1S/C13H18FN3O/c1-12(2)7-13(3,16-8-12)11(18)17-9-4-5-10(14)15-6-9/h4-6,16H,7-8H2,1-3H3,(H,17,18). The van der Waals surface area contributed by atoms with Gasteiger partial charge in [0.25, 0.3) is 0 Å². The third-order valence-corrected chi connectivity index (χ3v) is 3.28. The molecule has 0 spiro atoms. The molecular formula is C13H18FN3O. The van der Waals surface area contributed by atoms with Crippen LogP contribution in [0.4, 0.5) is 10.1 Å². The molecule has 0 aliphatic carbocycles. The Bertz CT molecular complexity index is 458. The van der Waals surface area contributed by atoms with Crippen molar-refractivity contribution in [2.45, 2.75) is 32.7 Å². The first-order valence-electron chi connectivity index (χ1n) is 5.99. The van der Waals surface area contributed by atoms with E-state index in [9.17, 15) is 9.18 Å². The fourth-order valence-electron chi connectivity index (χ4n) is 2.40. The van der Waals surface area contributed by atoms with Gasteiger partial charge in [-0.05, 0) is 30.9 Å². The second-order valence-electron chi connectivity index (χ2n) is 5.85. The highest BCUT2D eigenvalue weighted by molar-refractivity contribution is 5.98. The van der Waals surface area contributed by atoms with Crippen LogP contribution >= 0.6 is 0 Å². The molecule has 1 amide bonds. The van der Waals surface area contributed by atoms with E-state index in [1.807, 2.05) is 6.92 Å². The Morgan fingerprint density at radius 1 is 1.44 bits per heavy atom. The molecule has 4 nitrogen and oxygen atoms in total. The van der Waals surface area contributed by atoms with E-state index in [4.69, 9.17) is 0 Å². The molecule has 1 atom stereocenters. The van der Waals surface area contributed by atoms with Gasteiger partial charge in [0.1, 0.15) is 0 Å². The molecule has 2 heterocycles. The molecule has 1 aliphatic heterocycles. The minimum atomic E-state index is -0.585. The summed E-state index contributed by atoms with van der Waals surface area (Å²) < 4.78 is 12.7. The molecule has 0 bridgehead atoms. The topological polar surface area (TPSA) is 54.0 Å². The predicted molar refractivity (Wildman–Crippen MR) is 67.6 cm³/mol. The number of rotatable bonds is 2. The molecule has 1 unspecified atom stereocenters. The van der Waals surface area contributed by atoms with Crippen molar-refractivity contribution in [1.29, 1.82) is 0 Å². The lowest BCUT2D eigenvalue weighted by Crippen LogP contribution is -2.48. The maximum Gasteiger partial charge on any atom is 0.244 e. The molecule has 5 heteroatoms. The second-order valence-corrected chi connectivity index (χ2v) is 5.85. The molecule has 18 heavy (non-hydrogen) atoms. The molecule has 0 radical (unpaired) electrons. The Morgan fingerprint density at radius 3 is 2.67 bits per heavy atom. The van der Waals surface area contributed by atoms with Gasteiger partial charge in [0.15, 0.2) is 0 Å². The van der Waals surface area contributed by atoms with Crippen LogP contribution in [0.1, 0.15) is 27.2 Å². The molecule has 1 saturated heterocycles. The summed E-state index contributed by atoms with van der Waals surface area (Å²) in [6.07, 6.45) is 2.08. The Hall–Kier alpha value is -1.49. The maximum absolute atomic E-state index is 12.7. The average Bonchev–Trinajstić information content (AvgIpc) is 2.58. The van der Waals surface area contributed by atoms with Gasteiger partial charge in [-0.1, -0.05) is 13.8 Å². The lowest BCUT2D eigenvalue weighted by molar-refractivity contribution is -0.121. The molecule has 1 aliphatic rings. The summed E-state index contributed by atoms with van der Waals surface area (Å²) >= 11 is 0. The largest absolute Gasteiger partial charge is 0.323 e. The summed E-state index contributed by atoms with van der Waals surface area (Å²) in [5.41, 5.74) is 0.0273. The van der Waals surface area contributed by atoms with Crippen LogP contribution in [0.3, 0.4) is 0 Å². The van der Waals surface area contributed by atoms with Crippen LogP contribution < -0.4 is 10.6 Å². The Morgan fingerprint density at radius 2 is 2.17 bits per heavy atom. The van der Waals surface area contributed by atoms with Crippen molar-refractivity contribution in [3.63, 3.8) is 0 Å². The Kier molecular flexibility index (Phi) is 3.11. The lowest BCUT2D eigenvalue weighted by Gasteiger charge is -2.24. The highest BCUT2D eigenvalue weighted by Crippen LogP contribution is 2.34. The molecule has 98 valence electrons. The van der Waals surface area contributed by atoms with E-state index < -0.39 is 11.5 Å². The molecular weight excluding hydrogens is 233 g/mol. The lowest BCUT2D eigenvalue weighted by atomic mass is 9.84. The third-order valence-electron chi connectivity index (χ3n) is 3.28. The number of nitrogens with one attached hydrogen (secondary N) is 2. The van der Waals surface area contributed by atoms with Crippen LogP contribution in [-0.2, 0) is 4.79 Å². The predicted octanol–water partition coefficient (Wildman–Crippen LogP) is 1.94. The number of carbonyl (C=O) groups excluding carboxylic acids is 1. The van der Waals surface area contributed by atoms with Crippen LogP contribution in [0.5, 0.6) is 0 Å². The third kappa shape index (κ3) is 2.67. The summed E-state index contributed by atoms with van der Waals surface area (Å²) in [5, 5.41) is 6.01. The average molecular weight is 251 g/mol. The van der Waals surface area contributed by atoms with E-state index in [-0.39, 0.29) is 11.3 Å². The van der Waals surface area contributed by atoms with Gasteiger partial charge in [0.2, 0.25) is 11.9 Å². The van der Waals surface area contributed by atoms with Gasteiger partial charge in [0, 0.05) is 6.54 Å². The van der Waals surface area contributed by atoms with Crippen LogP contribution in [0.25, 0.3) is 0 Å². The van der Waals surface area contributed by atoms with Crippen molar-refractivity contribution in [3.05, 3.63) is 24.3 Å². The van der Waals surface area contributed by atoms with Crippen molar-refractivity contribution < 1.29 is 9.18 Å². The van der Waals surface area contributed by atoms with E-state index in [0.29, 0.717) is 5.69 Å². The summed E-state index contributed by atoms with van der Waals surface area (Å²) in [7, 11) is 0. The molecule has 0 saturated carbocycles. The van der Waals surface area contributed by atoms with Crippen molar-refractivity contribution in [1.82, 2.24) is 10.3 Å². The minimum absolute atomic E-state index is 0.104. The van der Waals surface area contributed by atoms with Crippen LogP contribution in [0.15, 0.2) is 18.3 Å². The quantitative estimate of drug-likeness (QED) is 0.790. The van der Waals surface area contributed by atoms with Gasteiger partial charge in [-0.25, -0.2) is 4.98 Å². The normalized spacial score (nSPS) is 26.0. The zero-order valence-corrected chi connectivity index (χ0v) is 10.9. The SMILES string of the molecule is CC1(C)CNC(C)(C(=O)Nc2ccc(F)nc2)C1. The zero-order chi connectivity index (χ0) is 13.4. The summed E-state index contributed by atoms with van der Waals surface area (Å²) in [6.45, 7) is 6.93. The fourth-order valence-corrected chi connectivity index (χ4v) is 2.40. The van der Waals surface area contributed by atoms with Gasteiger partial charge in [-0.2, -0.15) is 4.39 Å². The van der Waals surface area contributed by atoms with E-state index in [0.717, 1.165) is 13.0 Å². The van der Waals surface area contributed by atoms with Gasteiger partial charge in [-0.3, -0.25) is 4.79 Å². The number of hydrogen-bond donors (Lipinski definition) is 2. The summed E-state index contributed by atoms with van der Waals surface area (Å²) in [5.74, 6) is -0.666. The summed E-state index contributed by atoms with van der Waals surface area (Å²) in [4.78, 5) is 15.7. The highest BCUT2D eigenvalue weighted by atomic mass is 19.1. The van der Waals surface area contributed by atoms with E-state index in [2.05, 4.69) is 29.5 Å². The molecule has 1 aromatic rings. The summed E-state index contributed by atoms with van der Waals surface area (Å²) in [6, 6.07) is 2.73. The number of anilines is 1. The first-order chi connectivity index (χ1) is 8.31. The second kappa shape index (κ2) is 4.31. The van der Waals surface area contributed by atoms with Crippen LogP contribution in [-0.4, -0.2) is 23.0 Å². The van der Waals surface area contributed by atoms with Gasteiger partial charge >= 0.3 is 0 Å². The first kappa shape index (κ1) is 13.0. The Labute approximate surface area is 106 Å². The number of pyridine rings is 1. The Balaban J connectivity index is 2.06. The minimum Gasteiger partial charge on any atom is -0.323 e. The van der Waals surface area contributed by atoms with E-state index in [1.165, 1.54) is 18.3 Å². The number of aromatic nitrogens is 1. The van der Waals surface area contributed by atoms with E-state index >= 15 is 0 Å². The maximum atomic E-state index is 12.7. The van der Waals surface area contributed by atoms with Crippen LogP contribution in [0, 0.1) is 11.4 Å². The van der Waals surface area contributed by atoms with E-state index in [1.54, 1.807) is 0 Å². The van der Waals surface area contributed by atoms with Crippen LogP contribution in [0.2, 0.25) is 0 Å². The molecule has 2 rings (SSSR count). The monoisotopic (exact) mass is 251 g/mol. The highest BCUT2D eigenvalue weighted by Gasteiger charge is 2.44. The molecule has 0 aromatic carbocycles. The number of halogens is 1. The number of nitrogens with zero attached hydrogens (tertiary/aromatic N) is 1. The number of hydrogen-bond acceptors (Lipinski definition) is 3.